The first-order chi connectivity index (χ1) is 10.7. The van der Waals surface area contributed by atoms with Crippen molar-refractivity contribution in [3.63, 3.8) is 0 Å². The number of hydrogen-bond donors (Lipinski definition) is 2. The average molecular weight is 339 g/mol. The molecule has 0 unspecified atom stereocenters. The van der Waals surface area contributed by atoms with Crippen LogP contribution in [0.25, 0.3) is 6.08 Å². The van der Waals surface area contributed by atoms with E-state index in [1.807, 2.05) is 0 Å². The van der Waals surface area contributed by atoms with Crippen molar-refractivity contribution in [3.05, 3.63) is 56.6 Å². The number of carboxylic acids is 1. The van der Waals surface area contributed by atoms with Gasteiger partial charge in [0.05, 0.1) is 4.92 Å². The fourth-order valence-electron chi connectivity index (χ4n) is 1.66. The van der Waals surface area contributed by atoms with Crippen molar-refractivity contribution in [2.45, 2.75) is 13.3 Å². The maximum Gasteiger partial charge on any atom is 0.331 e. The highest BCUT2D eigenvalue weighted by molar-refractivity contribution is 6.32. The smallest absolute Gasteiger partial charge is 0.331 e. The van der Waals surface area contributed by atoms with Crippen molar-refractivity contribution >= 4 is 35.2 Å². The van der Waals surface area contributed by atoms with Crippen LogP contribution in [-0.4, -0.2) is 28.5 Å². The van der Waals surface area contributed by atoms with Crippen molar-refractivity contribution in [2.75, 3.05) is 6.54 Å². The number of nitrogens with one attached hydrogen (secondary N) is 1. The third-order valence-corrected chi connectivity index (χ3v) is 3.17. The molecule has 1 aromatic rings. The van der Waals surface area contributed by atoms with Gasteiger partial charge in [0.15, 0.2) is 0 Å². The molecular formula is C15H15ClN2O5. The Bertz CT molecular complexity index is 697. The molecule has 0 aromatic heterocycles. The molecule has 1 aromatic carbocycles. The maximum atomic E-state index is 11.3. The van der Waals surface area contributed by atoms with Crippen molar-refractivity contribution < 1.29 is 19.6 Å². The van der Waals surface area contributed by atoms with Gasteiger partial charge in [0.1, 0.15) is 5.02 Å². The monoisotopic (exact) mass is 338 g/mol. The highest BCUT2D eigenvalue weighted by Crippen LogP contribution is 2.26. The number of nitro benzene ring substituents is 1. The zero-order chi connectivity index (χ0) is 17.6. The number of rotatable bonds is 7. The Morgan fingerprint density at radius 3 is 2.65 bits per heavy atom. The Balaban J connectivity index is 2.93. The number of carboxylic acid groups (broad SMARTS) is 1. The first-order valence-corrected chi connectivity index (χ1v) is 6.91. The standard InChI is InChI=1S/C15H15ClN2O5/c1-9(2)14(19)17-6-5-11(15(20)21)7-10-3-4-12(16)13(8-10)18(22)23/h3-4,7-8H,1,5-6H2,2H3,(H,17,19)(H,20,21)/b11-7+. The summed E-state index contributed by atoms with van der Waals surface area (Å²) < 4.78 is 0. The van der Waals surface area contributed by atoms with Gasteiger partial charge in [-0.25, -0.2) is 4.79 Å². The Kier molecular flexibility index (Phi) is 6.47. The van der Waals surface area contributed by atoms with Gasteiger partial charge in [-0.1, -0.05) is 24.2 Å². The highest BCUT2D eigenvalue weighted by atomic mass is 35.5. The van der Waals surface area contributed by atoms with Crippen LogP contribution in [0.4, 0.5) is 5.69 Å². The molecule has 0 spiro atoms. The fourth-order valence-corrected chi connectivity index (χ4v) is 1.85. The maximum absolute atomic E-state index is 11.3. The van der Waals surface area contributed by atoms with Gasteiger partial charge in [0.25, 0.3) is 5.69 Å². The Morgan fingerprint density at radius 1 is 1.48 bits per heavy atom. The summed E-state index contributed by atoms with van der Waals surface area (Å²) in [6, 6.07) is 4.00. The van der Waals surface area contributed by atoms with Crippen molar-refractivity contribution in [3.8, 4) is 0 Å². The van der Waals surface area contributed by atoms with Gasteiger partial charge in [0, 0.05) is 23.8 Å². The molecule has 0 fully saturated rings. The van der Waals surface area contributed by atoms with Crippen LogP contribution < -0.4 is 5.32 Å². The quantitative estimate of drug-likeness (QED) is 0.451. The molecule has 0 radical (unpaired) electrons. The zero-order valence-electron chi connectivity index (χ0n) is 12.3. The molecule has 0 heterocycles. The van der Waals surface area contributed by atoms with Gasteiger partial charge in [-0.05, 0) is 31.1 Å². The first-order valence-electron chi connectivity index (χ1n) is 6.54. The lowest BCUT2D eigenvalue weighted by Gasteiger charge is -2.06. The van der Waals surface area contributed by atoms with Crippen molar-refractivity contribution in [2.24, 2.45) is 0 Å². The molecule has 2 N–H and O–H groups in total. The second-order valence-electron chi connectivity index (χ2n) is 4.73. The molecule has 0 saturated heterocycles. The molecule has 122 valence electrons. The van der Waals surface area contributed by atoms with E-state index in [1.54, 1.807) is 0 Å². The van der Waals surface area contributed by atoms with Gasteiger partial charge >= 0.3 is 5.97 Å². The number of nitro groups is 1. The molecule has 23 heavy (non-hydrogen) atoms. The van der Waals surface area contributed by atoms with Gasteiger partial charge in [-0.15, -0.1) is 0 Å². The number of carbonyl (C=O) groups is 2. The van der Waals surface area contributed by atoms with Gasteiger partial charge < -0.3 is 10.4 Å². The molecule has 8 heteroatoms. The summed E-state index contributed by atoms with van der Waals surface area (Å²) in [5, 5.41) is 22.5. The van der Waals surface area contributed by atoms with Gasteiger partial charge in [-0.3, -0.25) is 14.9 Å². The Labute approximate surface area is 137 Å². The predicted molar refractivity (Wildman–Crippen MR) is 86.2 cm³/mol. The van der Waals surface area contributed by atoms with Crippen LogP contribution in [0.3, 0.4) is 0 Å². The summed E-state index contributed by atoms with van der Waals surface area (Å²) in [7, 11) is 0. The van der Waals surface area contributed by atoms with E-state index in [4.69, 9.17) is 11.6 Å². The molecule has 0 saturated carbocycles. The molecule has 7 nitrogen and oxygen atoms in total. The highest BCUT2D eigenvalue weighted by Gasteiger charge is 2.14. The van der Waals surface area contributed by atoms with E-state index in [2.05, 4.69) is 11.9 Å². The van der Waals surface area contributed by atoms with E-state index in [0.29, 0.717) is 11.1 Å². The molecule has 0 aliphatic carbocycles. The average Bonchev–Trinajstić information content (AvgIpc) is 2.47. The summed E-state index contributed by atoms with van der Waals surface area (Å²) in [6.07, 6.45) is 1.36. The molecule has 1 rings (SSSR count). The van der Waals surface area contributed by atoms with E-state index in [1.165, 1.54) is 31.2 Å². The lowest BCUT2D eigenvalue weighted by molar-refractivity contribution is -0.384. The van der Waals surface area contributed by atoms with Crippen LogP contribution in [0.5, 0.6) is 0 Å². The number of carbonyl (C=O) groups excluding carboxylic acids is 1. The lowest BCUT2D eigenvalue weighted by atomic mass is 10.1. The van der Waals surface area contributed by atoms with E-state index in [-0.39, 0.29) is 35.2 Å². The van der Waals surface area contributed by atoms with E-state index >= 15 is 0 Å². The third kappa shape index (κ3) is 5.55. The minimum Gasteiger partial charge on any atom is -0.478 e. The second-order valence-corrected chi connectivity index (χ2v) is 5.14. The van der Waals surface area contributed by atoms with Crippen LogP contribution >= 0.6 is 11.6 Å². The van der Waals surface area contributed by atoms with E-state index < -0.39 is 10.9 Å². The summed E-state index contributed by atoms with van der Waals surface area (Å²) in [4.78, 5) is 32.8. The number of hydrogen-bond acceptors (Lipinski definition) is 4. The summed E-state index contributed by atoms with van der Waals surface area (Å²) >= 11 is 5.70. The van der Waals surface area contributed by atoms with Crippen molar-refractivity contribution in [1.82, 2.24) is 5.32 Å². The fraction of sp³-hybridized carbons (Fsp3) is 0.200. The Morgan fingerprint density at radius 2 is 2.13 bits per heavy atom. The SMILES string of the molecule is C=C(C)C(=O)NCC/C(=C\c1ccc(Cl)c([N+](=O)[O-])c1)C(=O)O. The van der Waals surface area contributed by atoms with Crippen LogP contribution in [0.2, 0.25) is 5.02 Å². The van der Waals surface area contributed by atoms with E-state index in [9.17, 15) is 24.8 Å². The summed E-state index contributed by atoms with van der Waals surface area (Å²) in [6.45, 7) is 5.12. The van der Waals surface area contributed by atoms with Crippen molar-refractivity contribution in [1.29, 1.82) is 0 Å². The number of halogens is 1. The normalized spacial score (nSPS) is 11.0. The molecule has 0 aliphatic rings. The van der Waals surface area contributed by atoms with Crippen LogP contribution in [0, 0.1) is 10.1 Å². The zero-order valence-corrected chi connectivity index (χ0v) is 13.1. The van der Waals surface area contributed by atoms with Crippen LogP contribution in [-0.2, 0) is 9.59 Å². The minimum atomic E-state index is -1.17. The van der Waals surface area contributed by atoms with Crippen LogP contribution in [0.15, 0.2) is 35.9 Å². The number of nitrogens with zero attached hydrogens (tertiary/aromatic N) is 1. The van der Waals surface area contributed by atoms with E-state index in [0.717, 1.165) is 0 Å². The second kappa shape index (κ2) is 8.09. The molecule has 0 bridgehead atoms. The summed E-state index contributed by atoms with van der Waals surface area (Å²) in [5.74, 6) is -1.54. The van der Waals surface area contributed by atoms with Gasteiger partial charge in [0.2, 0.25) is 5.91 Å². The molecule has 0 atom stereocenters. The number of aliphatic carboxylic acids is 1. The topological polar surface area (TPSA) is 110 Å². The minimum absolute atomic E-state index is 0.00337. The molecular weight excluding hydrogens is 324 g/mol. The molecule has 0 aliphatic heterocycles. The largest absolute Gasteiger partial charge is 0.478 e. The Hall–Kier alpha value is -2.67. The third-order valence-electron chi connectivity index (χ3n) is 2.85. The lowest BCUT2D eigenvalue weighted by Crippen LogP contribution is -2.25. The van der Waals surface area contributed by atoms with Crippen LogP contribution in [0.1, 0.15) is 18.9 Å². The van der Waals surface area contributed by atoms with Gasteiger partial charge in [-0.2, -0.15) is 0 Å². The first kappa shape index (κ1) is 18.4. The molecule has 1 amide bonds. The predicted octanol–water partition coefficient (Wildman–Crippen LogP) is 2.80. The number of benzene rings is 1. The summed E-state index contributed by atoms with van der Waals surface area (Å²) in [5.41, 5.74) is 0.355. The number of amides is 1.